The summed E-state index contributed by atoms with van der Waals surface area (Å²) >= 11 is 0. The highest BCUT2D eigenvalue weighted by Crippen LogP contribution is 2.07. The summed E-state index contributed by atoms with van der Waals surface area (Å²) in [4.78, 5) is 48.1. The molecule has 3 unspecified atom stereocenters. The molecule has 1 rings (SSSR count). The van der Waals surface area contributed by atoms with Crippen LogP contribution in [0.15, 0.2) is 0 Å². The number of nitrogens with one attached hydrogen (secondary N) is 4. The summed E-state index contributed by atoms with van der Waals surface area (Å²) < 4.78 is 0. The van der Waals surface area contributed by atoms with Gasteiger partial charge in [0.1, 0.15) is 12.1 Å². The minimum absolute atomic E-state index is 0.0947. The number of carboxylic acid groups (broad SMARTS) is 1. The van der Waals surface area contributed by atoms with E-state index in [0.29, 0.717) is 25.8 Å². The van der Waals surface area contributed by atoms with E-state index in [0.717, 1.165) is 25.8 Å². The number of carboxylic acids is 1. The summed E-state index contributed by atoms with van der Waals surface area (Å²) in [5.41, 5.74) is 5.50. The van der Waals surface area contributed by atoms with E-state index in [1.54, 1.807) is 0 Å². The number of aliphatic carboxylic acids is 1. The minimum Gasteiger partial charge on any atom is -0.480 e. The molecule has 0 saturated carbocycles. The Hall–Kier alpha value is -2.20. The van der Waals surface area contributed by atoms with Gasteiger partial charge in [0.2, 0.25) is 17.7 Å². The van der Waals surface area contributed by atoms with Gasteiger partial charge in [-0.3, -0.25) is 14.4 Å². The molecular formula is C19H35N5O5. The van der Waals surface area contributed by atoms with Crippen LogP contribution in [0.5, 0.6) is 0 Å². The summed E-state index contributed by atoms with van der Waals surface area (Å²) in [6, 6.07) is -2.08. The first-order valence-corrected chi connectivity index (χ1v) is 10.3. The smallest absolute Gasteiger partial charge is 0.326 e. The van der Waals surface area contributed by atoms with Gasteiger partial charge >= 0.3 is 5.97 Å². The van der Waals surface area contributed by atoms with Crippen LogP contribution in [0, 0.1) is 5.92 Å². The van der Waals surface area contributed by atoms with Crippen LogP contribution in [0.4, 0.5) is 0 Å². The van der Waals surface area contributed by atoms with Crippen molar-refractivity contribution in [1.29, 1.82) is 0 Å². The Kier molecular flexibility index (Phi) is 11.2. The maximum Gasteiger partial charge on any atom is 0.326 e. The number of nitrogens with two attached hydrogens (primary N) is 1. The number of amides is 3. The molecule has 10 nitrogen and oxygen atoms in total. The first-order chi connectivity index (χ1) is 13.7. The molecule has 10 heteroatoms. The van der Waals surface area contributed by atoms with Crippen LogP contribution in [-0.2, 0) is 19.2 Å². The fraction of sp³-hybridized carbons (Fsp3) is 0.789. The third kappa shape index (κ3) is 9.71. The van der Waals surface area contributed by atoms with Gasteiger partial charge in [-0.1, -0.05) is 13.8 Å². The van der Waals surface area contributed by atoms with Crippen molar-refractivity contribution in [1.82, 2.24) is 21.3 Å². The average Bonchev–Trinajstić information content (AvgIpc) is 3.19. The van der Waals surface area contributed by atoms with Crippen LogP contribution in [0.1, 0.15) is 52.4 Å². The van der Waals surface area contributed by atoms with Crippen LogP contribution in [0.25, 0.3) is 0 Å². The van der Waals surface area contributed by atoms with Gasteiger partial charge in [0.05, 0.1) is 12.6 Å². The summed E-state index contributed by atoms with van der Waals surface area (Å²) in [5.74, 6) is -2.32. The summed E-state index contributed by atoms with van der Waals surface area (Å²) in [6.07, 6.45) is 3.71. The maximum atomic E-state index is 12.5. The average molecular weight is 414 g/mol. The SMILES string of the molecule is CC(C)CC(NC(=O)CNC(=O)C(CCCCN)NC(=O)C1CCCN1)C(=O)O. The van der Waals surface area contributed by atoms with Gasteiger partial charge < -0.3 is 32.1 Å². The van der Waals surface area contributed by atoms with Gasteiger partial charge in [0.25, 0.3) is 0 Å². The van der Waals surface area contributed by atoms with Crippen molar-refractivity contribution in [3.05, 3.63) is 0 Å². The summed E-state index contributed by atoms with van der Waals surface area (Å²) in [7, 11) is 0. The van der Waals surface area contributed by atoms with Crippen molar-refractivity contribution < 1.29 is 24.3 Å². The Labute approximate surface area is 171 Å². The van der Waals surface area contributed by atoms with E-state index in [9.17, 15) is 24.3 Å². The van der Waals surface area contributed by atoms with E-state index in [1.807, 2.05) is 13.8 Å². The third-order valence-corrected chi connectivity index (χ3v) is 4.72. The summed E-state index contributed by atoms with van der Waals surface area (Å²) in [5, 5.41) is 19.9. The van der Waals surface area contributed by atoms with E-state index < -0.39 is 29.9 Å². The third-order valence-electron chi connectivity index (χ3n) is 4.72. The van der Waals surface area contributed by atoms with Gasteiger partial charge in [0.15, 0.2) is 0 Å². The number of carbonyl (C=O) groups is 4. The lowest BCUT2D eigenvalue weighted by molar-refractivity contribution is -0.142. The molecule has 0 bridgehead atoms. The monoisotopic (exact) mass is 413 g/mol. The van der Waals surface area contributed by atoms with Crippen molar-refractivity contribution in [3.8, 4) is 0 Å². The maximum absolute atomic E-state index is 12.5. The first kappa shape index (κ1) is 24.8. The molecular weight excluding hydrogens is 378 g/mol. The van der Waals surface area contributed by atoms with Crippen LogP contribution >= 0.6 is 0 Å². The number of unbranched alkanes of at least 4 members (excludes halogenated alkanes) is 1. The predicted octanol–water partition coefficient (Wildman–Crippen LogP) is -0.916. The molecule has 166 valence electrons. The number of carbonyl (C=O) groups excluding carboxylic acids is 3. The topological polar surface area (TPSA) is 163 Å². The quantitative estimate of drug-likeness (QED) is 0.213. The molecule has 1 fully saturated rings. The largest absolute Gasteiger partial charge is 0.480 e. The molecule has 0 aromatic rings. The second-order valence-electron chi connectivity index (χ2n) is 7.80. The molecule has 0 spiro atoms. The molecule has 29 heavy (non-hydrogen) atoms. The second kappa shape index (κ2) is 13.1. The highest BCUT2D eigenvalue weighted by atomic mass is 16.4. The lowest BCUT2D eigenvalue weighted by Crippen LogP contribution is -2.53. The zero-order valence-electron chi connectivity index (χ0n) is 17.3. The number of hydrogen-bond acceptors (Lipinski definition) is 6. The molecule has 0 aromatic heterocycles. The van der Waals surface area contributed by atoms with Crippen LogP contribution in [0.2, 0.25) is 0 Å². The Bertz CT molecular complexity index is 563. The van der Waals surface area contributed by atoms with Gasteiger partial charge in [-0.15, -0.1) is 0 Å². The Balaban J connectivity index is 2.57. The fourth-order valence-corrected chi connectivity index (χ4v) is 3.17. The lowest BCUT2D eigenvalue weighted by Gasteiger charge is -2.21. The molecule has 0 aliphatic carbocycles. The predicted molar refractivity (Wildman–Crippen MR) is 108 cm³/mol. The van der Waals surface area contributed by atoms with Gasteiger partial charge in [0, 0.05) is 0 Å². The van der Waals surface area contributed by atoms with Crippen LogP contribution in [-0.4, -0.2) is 66.6 Å². The molecule has 1 aliphatic rings. The first-order valence-electron chi connectivity index (χ1n) is 10.3. The number of hydrogen-bond donors (Lipinski definition) is 6. The molecule has 1 saturated heterocycles. The molecule has 1 heterocycles. The zero-order chi connectivity index (χ0) is 21.8. The van der Waals surface area contributed by atoms with Gasteiger partial charge in [-0.05, 0) is 57.5 Å². The fourth-order valence-electron chi connectivity index (χ4n) is 3.17. The van der Waals surface area contributed by atoms with Crippen molar-refractivity contribution in [2.45, 2.75) is 70.5 Å². The molecule has 1 aliphatic heterocycles. The van der Waals surface area contributed by atoms with E-state index >= 15 is 0 Å². The van der Waals surface area contributed by atoms with Crippen molar-refractivity contribution in [2.75, 3.05) is 19.6 Å². The standard InChI is InChI=1S/C19H35N5O5/c1-12(2)10-15(19(28)29)23-16(25)11-22-17(26)14(6-3-4-8-20)24-18(27)13-7-5-9-21-13/h12-15,21H,3-11,20H2,1-2H3,(H,22,26)(H,23,25)(H,24,27)(H,28,29). The Morgan fingerprint density at radius 3 is 2.41 bits per heavy atom. The highest BCUT2D eigenvalue weighted by Gasteiger charge is 2.27. The lowest BCUT2D eigenvalue weighted by atomic mass is 10.0. The van der Waals surface area contributed by atoms with Gasteiger partial charge in [-0.25, -0.2) is 4.79 Å². The van der Waals surface area contributed by atoms with E-state index in [1.165, 1.54) is 0 Å². The van der Waals surface area contributed by atoms with Crippen molar-refractivity contribution in [3.63, 3.8) is 0 Å². The van der Waals surface area contributed by atoms with Crippen molar-refractivity contribution in [2.24, 2.45) is 11.7 Å². The normalized spacial score (nSPS) is 18.1. The van der Waals surface area contributed by atoms with Crippen LogP contribution < -0.4 is 27.0 Å². The van der Waals surface area contributed by atoms with Crippen molar-refractivity contribution >= 4 is 23.7 Å². The van der Waals surface area contributed by atoms with E-state index in [4.69, 9.17) is 5.73 Å². The van der Waals surface area contributed by atoms with E-state index in [-0.39, 0.29) is 24.4 Å². The molecule has 7 N–H and O–H groups in total. The summed E-state index contributed by atoms with van der Waals surface area (Å²) in [6.45, 7) is 4.62. The Morgan fingerprint density at radius 1 is 1.14 bits per heavy atom. The second-order valence-corrected chi connectivity index (χ2v) is 7.80. The number of rotatable bonds is 13. The molecule has 0 aromatic carbocycles. The zero-order valence-corrected chi connectivity index (χ0v) is 17.3. The van der Waals surface area contributed by atoms with Gasteiger partial charge in [-0.2, -0.15) is 0 Å². The molecule has 0 radical (unpaired) electrons. The van der Waals surface area contributed by atoms with Crippen LogP contribution in [0.3, 0.4) is 0 Å². The minimum atomic E-state index is -1.12. The Morgan fingerprint density at radius 2 is 1.86 bits per heavy atom. The van der Waals surface area contributed by atoms with E-state index in [2.05, 4.69) is 21.3 Å². The molecule has 3 atom stereocenters. The highest BCUT2D eigenvalue weighted by molar-refractivity contribution is 5.92. The molecule has 3 amide bonds.